The Labute approximate surface area is 192 Å². The Morgan fingerprint density at radius 3 is 2.65 bits per heavy atom. The molecule has 1 aromatic rings. The van der Waals surface area contributed by atoms with E-state index in [4.69, 9.17) is 17.0 Å². The van der Waals surface area contributed by atoms with Gasteiger partial charge < -0.3 is 9.64 Å². The highest BCUT2D eigenvalue weighted by Gasteiger charge is 2.32. The first-order valence-corrected chi connectivity index (χ1v) is 11.5. The van der Waals surface area contributed by atoms with E-state index in [0.29, 0.717) is 59.7 Å². The van der Waals surface area contributed by atoms with Crippen LogP contribution in [0.25, 0.3) is 6.08 Å². The second-order valence-corrected chi connectivity index (χ2v) is 9.02. The molecule has 2 saturated heterocycles. The van der Waals surface area contributed by atoms with Gasteiger partial charge in [-0.3, -0.25) is 19.1 Å². The molecule has 0 N–H and O–H groups in total. The van der Waals surface area contributed by atoms with Gasteiger partial charge in [0.2, 0.25) is 0 Å². The lowest BCUT2D eigenvalue weighted by molar-refractivity contribution is -0.121. The van der Waals surface area contributed by atoms with Crippen molar-refractivity contribution in [3.63, 3.8) is 0 Å². The van der Waals surface area contributed by atoms with E-state index in [1.54, 1.807) is 23.6 Å². The van der Waals surface area contributed by atoms with E-state index in [0.717, 1.165) is 18.7 Å². The van der Waals surface area contributed by atoms with Crippen molar-refractivity contribution in [2.45, 2.75) is 33.2 Å². The standard InChI is InChI=1S/C22H26N4O3S2/c1-4-6-8-25-19(24-9-11-29-12-10-24)16(15(3)17(14-23)20(25)27)13-18-21(28)26(7-5-2)22(30)31-18/h5,13H,2,4,6-12H2,1,3H3. The monoisotopic (exact) mass is 458 g/mol. The first-order chi connectivity index (χ1) is 14.9. The Morgan fingerprint density at radius 1 is 1.32 bits per heavy atom. The Morgan fingerprint density at radius 2 is 2.03 bits per heavy atom. The zero-order chi connectivity index (χ0) is 22.5. The van der Waals surface area contributed by atoms with E-state index in [1.165, 1.54) is 16.7 Å². The molecule has 0 spiro atoms. The van der Waals surface area contributed by atoms with Gasteiger partial charge in [-0.2, -0.15) is 5.26 Å². The third-order valence-corrected chi connectivity index (χ3v) is 6.73. The van der Waals surface area contributed by atoms with Crippen LogP contribution in [0.2, 0.25) is 0 Å². The fraction of sp³-hybridized carbons (Fsp3) is 0.455. The molecule has 0 aromatic carbocycles. The summed E-state index contributed by atoms with van der Waals surface area (Å²) in [6.07, 6.45) is 5.15. The SMILES string of the molecule is C=CCN1C(=O)C(=Cc2c(C)c(C#N)c(=O)n(CCCC)c2N2CCOCC2)SC1=S. The Kier molecular flexibility index (Phi) is 7.70. The maximum atomic E-state index is 13.2. The number of rotatable bonds is 7. The summed E-state index contributed by atoms with van der Waals surface area (Å²) in [6, 6.07) is 2.08. The van der Waals surface area contributed by atoms with Crippen LogP contribution >= 0.6 is 24.0 Å². The maximum absolute atomic E-state index is 13.2. The number of pyridine rings is 1. The number of thiocarbonyl (C=S) groups is 1. The normalized spacial score (nSPS) is 18.0. The van der Waals surface area contributed by atoms with Gasteiger partial charge in [-0.1, -0.05) is 43.4 Å². The molecule has 0 saturated carbocycles. The molecule has 3 rings (SSSR count). The van der Waals surface area contributed by atoms with E-state index in [9.17, 15) is 14.9 Å². The summed E-state index contributed by atoms with van der Waals surface area (Å²) in [5, 5.41) is 9.71. The average molecular weight is 459 g/mol. The number of morpholine rings is 1. The van der Waals surface area contributed by atoms with Crippen molar-refractivity contribution in [3.05, 3.63) is 44.6 Å². The van der Waals surface area contributed by atoms with Crippen LogP contribution in [0.5, 0.6) is 0 Å². The van der Waals surface area contributed by atoms with Gasteiger partial charge in [0.15, 0.2) is 0 Å². The molecule has 1 amide bonds. The predicted molar refractivity (Wildman–Crippen MR) is 128 cm³/mol. The summed E-state index contributed by atoms with van der Waals surface area (Å²) in [7, 11) is 0. The van der Waals surface area contributed by atoms with Gasteiger partial charge in [0.05, 0.1) is 18.1 Å². The summed E-state index contributed by atoms with van der Waals surface area (Å²) < 4.78 is 7.67. The number of carbonyl (C=O) groups excluding carboxylic acids is 1. The van der Waals surface area contributed by atoms with Crippen LogP contribution in [0.1, 0.15) is 36.5 Å². The molecule has 0 unspecified atom stereocenters. The average Bonchev–Trinajstić information content (AvgIpc) is 3.03. The molecule has 3 heterocycles. The van der Waals surface area contributed by atoms with Crippen LogP contribution < -0.4 is 10.5 Å². The predicted octanol–water partition coefficient (Wildman–Crippen LogP) is 3.05. The molecule has 0 radical (unpaired) electrons. The lowest BCUT2D eigenvalue weighted by atomic mass is 10.0. The van der Waals surface area contributed by atoms with Crippen molar-refractivity contribution in [1.29, 1.82) is 5.26 Å². The number of nitriles is 1. The number of hydrogen-bond acceptors (Lipinski definition) is 7. The molecular weight excluding hydrogens is 432 g/mol. The van der Waals surface area contributed by atoms with E-state index in [2.05, 4.69) is 24.5 Å². The quantitative estimate of drug-likeness (QED) is 0.353. The molecule has 2 fully saturated rings. The molecule has 0 bridgehead atoms. The lowest BCUT2D eigenvalue weighted by Gasteiger charge is -2.33. The van der Waals surface area contributed by atoms with Crippen molar-refractivity contribution in [3.8, 4) is 6.07 Å². The number of amides is 1. The van der Waals surface area contributed by atoms with Crippen LogP contribution in [-0.2, 0) is 16.1 Å². The number of thioether (sulfide) groups is 1. The van der Waals surface area contributed by atoms with Gasteiger partial charge in [-0.15, -0.1) is 6.58 Å². The van der Waals surface area contributed by atoms with Gasteiger partial charge in [-0.05, 0) is 25.0 Å². The summed E-state index contributed by atoms with van der Waals surface area (Å²) in [5.41, 5.74) is 1.12. The molecule has 1 aromatic heterocycles. The summed E-state index contributed by atoms with van der Waals surface area (Å²) in [5.74, 6) is 0.555. The molecule has 2 aliphatic heterocycles. The largest absolute Gasteiger partial charge is 0.378 e. The number of unbranched alkanes of at least 4 members (excludes halogenated alkanes) is 1. The third kappa shape index (κ3) is 4.61. The van der Waals surface area contributed by atoms with Crippen LogP contribution in [0, 0.1) is 18.3 Å². The van der Waals surface area contributed by atoms with Crippen LogP contribution in [0.3, 0.4) is 0 Å². The van der Waals surface area contributed by atoms with Crippen molar-refractivity contribution in [2.75, 3.05) is 37.7 Å². The van der Waals surface area contributed by atoms with Gasteiger partial charge in [0.1, 0.15) is 21.8 Å². The van der Waals surface area contributed by atoms with E-state index < -0.39 is 0 Å². The highest BCUT2D eigenvalue weighted by molar-refractivity contribution is 8.26. The fourth-order valence-corrected chi connectivity index (χ4v) is 4.96. The van der Waals surface area contributed by atoms with Crippen LogP contribution in [0.4, 0.5) is 5.82 Å². The van der Waals surface area contributed by atoms with Gasteiger partial charge in [0, 0.05) is 31.7 Å². The summed E-state index contributed by atoms with van der Waals surface area (Å²) >= 11 is 6.59. The Balaban J connectivity index is 2.23. The second kappa shape index (κ2) is 10.3. The highest BCUT2D eigenvalue weighted by atomic mass is 32.2. The van der Waals surface area contributed by atoms with Crippen molar-refractivity contribution >= 4 is 46.1 Å². The Bertz CT molecular complexity index is 1030. The number of aromatic nitrogens is 1. The van der Waals surface area contributed by atoms with Crippen molar-refractivity contribution in [2.24, 2.45) is 0 Å². The molecule has 2 aliphatic rings. The zero-order valence-electron chi connectivity index (χ0n) is 17.8. The number of ether oxygens (including phenoxy) is 1. The topological polar surface area (TPSA) is 78.6 Å². The minimum absolute atomic E-state index is 0.112. The van der Waals surface area contributed by atoms with E-state index in [1.807, 2.05) is 0 Å². The van der Waals surface area contributed by atoms with E-state index >= 15 is 0 Å². The molecule has 0 atom stereocenters. The van der Waals surface area contributed by atoms with Gasteiger partial charge in [0.25, 0.3) is 11.5 Å². The number of hydrogen-bond donors (Lipinski definition) is 0. The molecular formula is C22H26N4O3S2. The smallest absolute Gasteiger partial charge is 0.270 e. The lowest BCUT2D eigenvalue weighted by Crippen LogP contribution is -2.41. The number of anilines is 1. The Hall–Kier alpha value is -2.41. The van der Waals surface area contributed by atoms with Crippen molar-refractivity contribution in [1.82, 2.24) is 9.47 Å². The zero-order valence-corrected chi connectivity index (χ0v) is 19.5. The first kappa shape index (κ1) is 23.3. The maximum Gasteiger partial charge on any atom is 0.270 e. The molecule has 7 nitrogen and oxygen atoms in total. The highest BCUT2D eigenvalue weighted by Crippen LogP contribution is 2.36. The molecule has 0 aliphatic carbocycles. The van der Waals surface area contributed by atoms with Crippen molar-refractivity contribution < 1.29 is 9.53 Å². The first-order valence-electron chi connectivity index (χ1n) is 10.3. The van der Waals surface area contributed by atoms with Crippen LogP contribution in [-0.4, -0.2) is 52.5 Å². The number of nitrogens with zero attached hydrogens (tertiary/aromatic N) is 4. The molecule has 9 heteroatoms. The van der Waals surface area contributed by atoms with Crippen LogP contribution in [0.15, 0.2) is 22.4 Å². The summed E-state index contributed by atoms with van der Waals surface area (Å²) in [4.78, 5) is 30.2. The fourth-order valence-electron chi connectivity index (χ4n) is 3.70. The van der Waals surface area contributed by atoms with E-state index in [-0.39, 0.29) is 17.0 Å². The molecule has 164 valence electrons. The molecule has 31 heavy (non-hydrogen) atoms. The van der Waals surface area contributed by atoms with Gasteiger partial charge in [-0.25, -0.2) is 0 Å². The third-order valence-electron chi connectivity index (χ3n) is 5.35. The second-order valence-electron chi connectivity index (χ2n) is 7.34. The minimum Gasteiger partial charge on any atom is -0.378 e. The minimum atomic E-state index is -0.286. The van der Waals surface area contributed by atoms with Gasteiger partial charge >= 0.3 is 0 Å². The number of carbonyl (C=O) groups is 1. The summed E-state index contributed by atoms with van der Waals surface area (Å²) in [6.45, 7) is 10.8.